The van der Waals surface area contributed by atoms with Gasteiger partial charge in [0.2, 0.25) is 0 Å². The van der Waals surface area contributed by atoms with Crippen molar-refractivity contribution < 1.29 is 0 Å². The molecule has 1 nitrogen and oxygen atoms in total. The van der Waals surface area contributed by atoms with E-state index in [1.807, 2.05) is 30.3 Å². The van der Waals surface area contributed by atoms with Gasteiger partial charge < -0.3 is 5.73 Å². The maximum absolute atomic E-state index is 6.10. The Morgan fingerprint density at radius 1 is 1.05 bits per heavy atom. The molecule has 100 valence electrons. The van der Waals surface area contributed by atoms with E-state index in [9.17, 15) is 0 Å². The van der Waals surface area contributed by atoms with Gasteiger partial charge >= 0.3 is 0 Å². The summed E-state index contributed by atoms with van der Waals surface area (Å²) in [6.45, 7) is 0. The largest absolute Gasteiger partial charge is 0.324 e. The van der Waals surface area contributed by atoms with Crippen LogP contribution < -0.4 is 5.73 Å². The lowest BCUT2D eigenvalue weighted by Crippen LogP contribution is -2.19. The molecule has 0 saturated carbocycles. The van der Waals surface area contributed by atoms with Crippen molar-refractivity contribution in [2.24, 2.45) is 5.73 Å². The zero-order valence-electron chi connectivity index (χ0n) is 10.5. The number of hydrogen-bond acceptors (Lipinski definition) is 1. The van der Waals surface area contributed by atoms with E-state index in [2.05, 4.69) is 52.3 Å². The second kappa shape index (κ2) is 8.16. The van der Waals surface area contributed by atoms with Gasteiger partial charge in [0.25, 0.3) is 0 Å². The zero-order chi connectivity index (χ0) is 12.8. The SMILES string of the molecule is Cl.NC(/C=C/c1ccccc1)Cc1cccc(Br)c1. The number of nitrogens with two attached hydrogens (primary N) is 1. The van der Waals surface area contributed by atoms with Crippen molar-refractivity contribution in [3.05, 3.63) is 76.3 Å². The molecule has 0 amide bonds. The monoisotopic (exact) mass is 337 g/mol. The quantitative estimate of drug-likeness (QED) is 0.875. The van der Waals surface area contributed by atoms with Crippen LogP contribution in [0.5, 0.6) is 0 Å². The molecule has 0 fully saturated rings. The zero-order valence-corrected chi connectivity index (χ0v) is 12.9. The van der Waals surface area contributed by atoms with Gasteiger partial charge in [-0.1, -0.05) is 70.5 Å². The minimum Gasteiger partial charge on any atom is -0.324 e. The lowest BCUT2D eigenvalue weighted by molar-refractivity contribution is 0.813. The third-order valence-corrected chi connectivity index (χ3v) is 3.19. The summed E-state index contributed by atoms with van der Waals surface area (Å²) in [5.74, 6) is 0. The minimum atomic E-state index is 0. The molecule has 2 N–H and O–H groups in total. The summed E-state index contributed by atoms with van der Waals surface area (Å²) in [5, 5.41) is 0. The van der Waals surface area contributed by atoms with Crippen molar-refractivity contribution in [3.8, 4) is 0 Å². The van der Waals surface area contributed by atoms with Crippen LogP contribution in [0.15, 0.2) is 65.1 Å². The van der Waals surface area contributed by atoms with Gasteiger partial charge in [-0.25, -0.2) is 0 Å². The summed E-state index contributed by atoms with van der Waals surface area (Å²) in [4.78, 5) is 0. The lowest BCUT2D eigenvalue weighted by Gasteiger charge is -2.07. The highest BCUT2D eigenvalue weighted by atomic mass is 79.9. The van der Waals surface area contributed by atoms with E-state index < -0.39 is 0 Å². The summed E-state index contributed by atoms with van der Waals surface area (Å²) >= 11 is 3.47. The van der Waals surface area contributed by atoms with Gasteiger partial charge in [0.15, 0.2) is 0 Å². The fourth-order valence-electron chi connectivity index (χ4n) is 1.80. The maximum atomic E-state index is 6.10. The van der Waals surface area contributed by atoms with E-state index in [1.54, 1.807) is 0 Å². The van der Waals surface area contributed by atoms with E-state index >= 15 is 0 Å². The first-order chi connectivity index (χ1) is 8.74. The molecule has 1 atom stereocenters. The van der Waals surface area contributed by atoms with E-state index in [0.717, 1.165) is 10.9 Å². The Kier molecular flexibility index (Phi) is 6.85. The van der Waals surface area contributed by atoms with Crippen molar-refractivity contribution in [2.75, 3.05) is 0 Å². The molecular formula is C16H17BrClN. The Balaban J connectivity index is 0.00000180. The first-order valence-electron chi connectivity index (χ1n) is 5.97. The third-order valence-electron chi connectivity index (χ3n) is 2.70. The van der Waals surface area contributed by atoms with Crippen LogP contribution in [0.2, 0.25) is 0 Å². The van der Waals surface area contributed by atoms with Crippen LogP contribution in [-0.4, -0.2) is 6.04 Å². The topological polar surface area (TPSA) is 26.0 Å². The molecule has 2 aromatic rings. The molecule has 0 aliphatic heterocycles. The second-order valence-electron chi connectivity index (χ2n) is 4.27. The van der Waals surface area contributed by atoms with Crippen molar-refractivity contribution in [3.63, 3.8) is 0 Å². The van der Waals surface area contributed by atoms with Crippen molar-refractivity contribution in [1.82, 2.24) is 0 Å². The second-order valence-corrected chi connectivity index (χ2v) is 5.18. The lowest BCUT2D eigenvalue weighted by atomic mass is 10.1. The van der Waals surface area contributed by atoms with Crippen molar-refractivity contribution >= 4 is 34.4 Å². The van der Waals surface area contributed by atoms with Crippen LogP contribution in [0.1, 0.15) is 11.1 Å². The number of hydrogen-bond donors (Lipinski definition) is 1. The Morgan fingerprint density at radius 2 is 1.79 bits per heavy atom. The van der Waals surface area contributed by atoms with Crippen LogP contribution in [0.4, 0.5) is 0 Å². The molecule has 2 rings (SSSR count). The fraction of sp³-hybridized carbons (Fsp3) is 0.125. The molecule has 1 unspecified atom stereocenters. The normalized spacial score (nSPS) is 12.1. The van der Waals surface area contributed by atoms with Crippen LogP contribution in [0, 0.1) is 0 Å². The van der Waals surface area contributed by atoms with Gasteiger partial charge in [0.05, 0.1) is 0 Å². The molecule has 0 aliphatic carbocycles. The summed E-state index contributed by atoms with van der Waals surface area (Å²) in [7, 11) is 0. The molecule has 0 spiro atoms. The molecule has 3 heteroatoms. The van der Waals surface area contributed by atoms with Crippen LogP contribution in [0.3, 0.4) is 0 Å². The summed E-state index contributed by atoms with van der Waals surface area (Å²) < 4.78 is 1.10. The van der Waals surface area contributed by atoms with Crippen molar-refractivity contribution in [1.29, 1.82) is 0 Å². The molecule has 0 bridgehead atoms. The third kappa shape index (κ3) is 5.60. The number of halogens is 2. The van der Waals surface area contributed by atoms with E-state index in [0.29, 0.717) is 0 Å². The standard InChI is InChI=1S/C16H16BrN.ClH/c17-15-8-4-7-14(11-15)12-16(18)10-9-13-5-2-1-3-6-13;/h1-11,16H,12,18H2;1H/b10-9+;. The summed E-state index contributed by atoms with van der Waals surface area (Å²) in [6, 6.07) is 18.5. The average Bonchev–Trinajstić information content (AvgIpc) is 2.38. The first-order valence-corrected chi connectivity index (χ1v) is 6.76. The summed E-state index contributed by atoms with van der Waals surface area (Å²) in [6.07, 6.45) is 4.97. The van der Waals surface area contributed by atoms with Gasteiger partial charge in [-0.2, -0.15) is 0 Å². The number of benzene rings is 2. The molecule has 2 aromatic carbocycles. The van der Waals surface area contributed by atoms with Crippen LogP contribution >= 0.6 is 28.3 Å². The molecule has 0 radical (unpaired) electrons. The Bertz CT molecular complexity index is 525. The van der Waals surface area contributed by atoms with Gasteiger partial charge in [-0.05, 0) is 29.7 Å². The smallest absolute Gasteiger partial charge is 0.0267 e. The fourth-order valence-corrected chi connectivity index (χ4v) is 2.25. The van der Waals surface area contributed by atoms with E-state index in [4.69, 9.17) is 5.73 Å². The van der Waals surface area contributed by atoms with Gasteiger partial charge in [0.1, 0.15) is 0 Å². The van der Waals surface area contributed by atoms with Gasteiger partial charge in [0, 0.05) is 10.5 Å². The molecule has 0 aromatic heterocycles. The van der Waals surface area contributed by atoms with Crippen LogP contribution in [-0.2, 0) is 6.42 Å². The Hall–Kier alpha value is -1.09. The molecule has 19 heavy (non-hydrogen) atoms. The van der Waals surface area contributed by atoms with Gasteiger partial charge in [-0.3, -0.25) is 0 Å². The highest BCUT2D eigenvalue weighted by molar-refractivity contribution is 9.10. The van der Waals surface area contributed by atoms with Crippen molar-refractivity contribution in [2.45, 2.75) is 12.5 Å². The predicted molar refractivity (Wildman–Crippen MR) is 88.5 cm³/mol. The Labute approximate surface area is 129 Å². The molecular weight excluding hydrogens is 322 g/mol. The molecule has 0 saturated heterocycles. The van der Waals surface area contributed by atoms with Crippen LogP contribution in [0.25, 0.3) is 6.08 Å². The number of rotatable bonds is 4. The predicted octanol–water partition coefficient (Wildman–Crippen LogP) is 4.45. The maximum Gasteiger partial charge on any atom is 0.0267 e. The summed E-state index contributed by atoms with van der Waals surface area (Å²) in [5.41, 5.74) is 8.53. The minimum absolute atomic E-state index is 0. The molecule has 0 aliphatic rings. The highest BCUT2D eigenvalue weighted by Crippen LogP contribution is 2.13. The van der Waals surface area contributed by atoms with E-state index in [1.165, 1.54) is 11.1 Å². The average molecular weight is 339 g/mol. The van der Waals surface area contributed by atoms with E-state index in [-0.39, 0.29) is 18.4 Å². The first kappa shape index (κ1) is 16.0. The molecule has 0 heterocycles. The van der Waals surface area contributed by atoms with Gasteiger partial charge in [-0.15, -0.1) is 12.4 Å². The Morgan fingerprint density at radius 3 is 2.47 bits per heavy atom. The highest BCUT2D eigenvalue weighted by Gasteiger charge is 2.00.